The second kappa shape index (κ2) is 5.41. The van der Waals surface area contributed by atoms with Gasteiger partial charge >= 0.3 is 0 Å². The normalized spacial score (nSPS) is 12.2. The van der Waals surface area contributed by atoms with Gasteiger partial charge in [-0.2, -0.15) is 0 Å². The molecule has 1 unspecified atom stereocenters. The van der Waals surface area contributed by atoms with E-state index in [1.165, 1.54) is 12.1 Å². The lowest BCUT2D eigenvalue weighted by Gasteiger charge is -2.12. The molecule has 0 saturated carbocycles. The lowest BCUT2D eigenvalue weighted by molar-refractivity contribution is 0.0939. The van der Waals surface area contributed by atoms with Gasteiger partial charge in [-0.25, -0.2) is 0 Å². The molecule has 0 spiro atoms. The highest BCUT2D eigenvalue weighted by Crippen LogP contribution is 2.29. The third-order valence-electron chi connectivity index (χ3n) is 2.31. The largest absolute Gasteiger partial charge is 0.397 e. The summed E-state index contributed by atoms with van der Waals surface area (Å²) in [5.74, 6) is -0.195. The van der Waals surface area contributed by atoms with Crippen molar-refractivity contribution >= 4 is 34.8 Å². The number of carbonyl (C=O) groups excluding carboxylic acids is 1. The minimum atomic E-state index is -0.195. The molecule has 88 valence electrons. The minimum absolute atomic E-state index is 0.114. The summed E-state index contributed by atoms with van der Waals surface area (Å²) >= 11 is 11.6. The van der Waals surface area contributed by atoms with Gasteiger partial charge in [0.25, 0.3) is 5.91 Å². The molecule has 0 saturated heterocycles. The molecule has 3 nitrogen and oxygen atoms in total. The fourth-order valence-corrected chi connectivity index (χ4v) is 1.49. The molecule has 0 bridgehead atoms. The van der Waals surface area contributed by atoms with Crippen LogP contribution in [-0.4, -0.2) is 11.9 Å². The van der Waals surface area contributed by atoms with Crippen molar-refractivity contribution in [2.24, 2.45) is 0 Å². The molecular formula is C11H14Cl2N2O. The number of benzene rings is 1. The highest BCUT2D eigenvalue weighted by molar-refractivity contribution is 6.43. The summed E-state index contributed by atoms with van der Waals surface area (Å²) in [5.41, 5.74) is 6.36. The molecule has 0 aliphatic heterocycles. The number of hydrogen-bond donors (Lipinski definition) is 2. The molecule has 1 rings (SSSR count). The molecule has 0 heterocycles. The van der Waals surface area contributed by atoms with Gasteiger partial charge < -0.3 is 11.1 Å². The molecule has 1 amide bonds. The van der Waals surface area contributed by atoms with Gasteiger partial charge in [-0.3, -0.25) is 4.79 Å². The number of hydrogen-bond acceptors (Lipinski definition) is 2. The van der Waals surface area contributed by atoms with E-state index in [0.29, 0.717) is 11.3 Å². The van der Waals surface area contributed by atoms with Crippen LogP contribution in [0.4, 0.5) is 5.69 Å². The Morgan fingerprint density at radius 2 is 2.12 bits per heavy atom. The highest BCUT2D eigenvalue weighted by atomic mass is 35.5. The fraction of sp³-hybridized carbons (Fsp3) is 0.364. The Bertz CT molecular complexity index is 384. The molecule has 1 aromatic rings. The van der Waals surface area contributed by atoms with Crippen molar-refractivity contribution in [1.29, 1.82) is 0 Å². The molecule has 5 heteroatoms. The fourth-order valence-electron chi connectivity index (χ4n) is 1.15. The van der Waals surface area contributed by atoms with E-state index in [9.17, 15) is 4.79 Å². The van der Waals surface area contributed by atoms with E-state index in [0.717, 1.165) is 6.42 Å². The average Bonchev–Trinajstić information content (AvgIpc) is 2.24. The Morgan fingerprint density at radius 1 is 1.50 bits per heavy atom. The summed E-state index contributed by atoms with van der Waals surface area (Å²) in [5, 5.41) is 3.39. The zero-order valence-electron chi connectivity index (χ0n) is 9.18. The van der Waals surface area contributed by atoms with Crippen LogP contribution in [0.15, 0.2) is 12.1 Å². The Morgan fingerprint density at radius 3 is 2.62 bits per heavy atom. The molecule has 3 N–H and O–H groups in total. The summed E-state index contributed by atoms with van der Waals surface area (Å²) < 4.78 is 0. The topological polar surface area (TPSA) is 55.1 Å². The lowest BCUT2D eigenvalue weighted by atomic mass is 10.1. The molecule has 0 fully saturated rings. The van der Waals surface area contributed by atoms with Crippen molar-refractivity contribution in [2.75, 3.05) is 5.73 Å². The van der Waals surface area contributed by atoms with Crippen LogP contribution < -0.4 is 11.1 Å². The number of amides is 1. The number of anilines is 1. The smallest absolute Gasteiger partial charge is 0.251 e. The van der Waals surface area contributed by atoms with E-state index in [-0.39, 0.29) is 22.0 Å². The molecular weight excluding hydrogens is 247 g/mol. The first-order valence-corrected chi connectivity index (χ1v) is 5.76. The maximum atomic E-state index is 11.8. The van der Waals surface area contributed by atoms with Crippen LogP contribution in [-0.2, 0) is 0 Å². The second-order valence-electron chi connectivity index (χ2n) is 3.64. The van der Waals surface area contributed by atoms with Crippen LogP contribution in [0.2, 0.25) is 10.0 Å². The van der Waals surface area contributed by atoms with Gasteiger partial charge in [-0.1, -0.05) is 30.1 Å². The van der Waals surface area contributed by atoms with Gasteiger partial charge in [-0.15, -0.1) is 0 Å². The lowest BCUT2D eigenvalue weighted by Crippen LogP contribution is -2.31. The average molecular weight is 261 g/mol. The van der Waals surface area contributed by atoms with Crippen molar-refractivity contribution < 1.29 is 4.79 Å². The monoisotopic (exact) mass is 260 g/mol. The zero-order valence-corrected chi connectivity index (χ0v) is 10.7. The van der Waals surface area contributed by atoms with Gasteiger partial charge in [0, 0.05) is 11.6 Å². The number of halogens is 2. The summed E-state index contributed by atoms with van der Waals surface area (Å²) in [6.07, 6.45) is 0.864. The van der Waals surface area contributed by atoms with Crippen LogP contribution in [0.1, 0.15) is 30.6 Å². The van der Waals surface area contributed by atoms with Gasteiger partial charge in [0.05, 0.1) is 15.7 Å². The van der Waals surface area contributed by atoms with Gasteiger partial charge in [0.15, 0.2) is 0 Å². The molecule has 16 heavy (non-hydrogen) atoms. The summed E-state index contributed by atoms with van der Waals surface area (Å²) in [7, 11) is 0. The van der Waals surface area contributed by atoms with E-state index in [1.54, 1.807) is 0 Å². The van der Waals surface area contributed by atoms with Crippen LogP contribution in [0.5, 0.6) is 0 Å². The number of nitrogens with two attached hydrogens (primary N) is 1. The van der Waals surface area contributed by atoms with E-state index >= 15 is 0 Å². The van der Waals surface area contributed by atoms with E-state index in [2.05, 4.69) is 5.32 Å². The Hall–Kier alpha value is -0.930. The third-order valence-corrected chi connectivity index (χ3v) is 3.13. The van der Waals surface area contributed by atoms with E-state index in [1.807, 2.05) is 13.8 Å². The van der Waals surface area contributed by atoms with Crippen molar-refractivity contribution in [3.63, 3.8) is 0 Å². The first-order chi connectivity index (χ1) is 7.45. The van der Waals surface area contributed by atoms with Gasteiger partial charge in [0.2, 0.25) is 0 Å². The SMILES string of the molecule is CCC(C)NC(=O)c1cc(N)c(Cl)c(Cl)c1. The Balaban J connectivity index is 2.93. The van der Waals surface area contributed by atoms with Crippen molar-refractivity contribution in [3.8, 4) is 0 Å². The maximum absolute atomic E-state index is 11.8. The van der Waals surface area contributed by atoms with Crippen molar-refractivity contribution in [2.45, 2.75) is 26.3 Å². The number of carbonyl (C=O) groups is 1. The predicted molar refractivity (Wildman–Crippen MR) is 68.1 cm³/mol. The molecule has 1 aromatic carbocycles. The standard InChI is InChI=1S/C11H14Cl2N2O/c1-3-6(2)15-11(16)7-4-8(12)10(13)9(14)5-7/h4-6H,3,14H2,1-2H3,(H,15,16). The highest BCUT2D eigenvalue weighted by Gasteiger charge is 2.12. The van der Waals surface area contributed by atoms with Gasteiger partial charge in [-0.05, 0) is 25.5 Å². The van der Waals surface area contributed by atoms with Crippen LogP contribution in [0.25, 0.3) is 0 Å². The van der Waals surface area contributed by atoms with Crippen LogP contribution in [0, 0.1) is 0 Å². The third kappa shape index (κ3) is 3.03. The first-order valence-electron chi connectivity index (χ1n) is 5.01. The van der Waals surface area contributed by atoms with Crippen molar-refractivity contribution in [3.05, 3.63) is 27.7 Å². The van der Waals surface area contributed by atoms with Crippen molar-refractivity contribution in [1.82, 2.24) is 5.32 Å². The molecule has 1 atom stereocenters. The van der Waals surface area contributed by atoms with E-state index < -0.39 is 0 Å². The Labute approximate surface area is 105 Å². The predicted octanol–water partition coefficient (Wildman–Crippen LogP) is 3.10. The molecule has 0 aromatic heterocycles. The zero-order chi connectivity index (χ0) is 12.3. The summed E-state index contributed by atoms with van der Waals surface area (Å²) in [6.45, 7) is 3.92. The van der Waals surface area contributed by atoms with Crippen LogP contribution in [0.3, 0.4) is 0 Å². The first kappa shape index (κ1) is 13.1. The maximum Gasteiger partial charge on any atom is 0.251 e. The molecule has 0 aliphatic rings. The number of nitrogen functional groups attached to an aromatic ring is 1. The van der Waals surface area contributed by atoms with Crippen LogP contribution >= 0.6 is 23.2 Å². The molecule has 0 radical (unpaired) electrons. The molecule has 0 aliphatic carbocycles. The number of rotatable bonds is 3. The minimum Gasteiger partial charge on any atom is -0.397 e. The summed E-state index contributed by atoms with van der Waals surface area (Å²) in [4.78, 5) is 11.8. The quantitative estimate of drug-likeness (QED) is 0.821. The van der Waals surface area contributed by atoms with Gasteiger partial charge in [0.1, 0.15) is 0 Å². The number of nitrogens with one attached hydrogen (secondary N) is 1. The second-order valence-corrected chi connectivity index (χ2v) is 4.43. The Kier molecular flexibility index (Phi) is 4.44. The summed E-state index contributed by atoms with van der Waals surface area (Å²) in [6, 6.07) is 3.15. The van der Waals surface area contributed by atoms with E-state index in [4.69, 9.17) is 28.9 Å².